The van der Waals surface area contributed by atoms with Gasteiger partial charge in [-0.3, -0.25) is 4.90 Å². The van der Waals surface area contributed by atoms with E-state index in [-0.39, 0.29) is 0 Å². The van der Waals surface area contributed by atoms with Gasteiger partial charge in [0, 0.05) is 31.2 Å². The fourth-order valence-electron chi connectivity index (χ4n) is 2.99. The van der Waals surface area contributed by atoms with Crippen LogP contribution in [0.15, 0.2) is 10.7 Å². The van der Waals surface area contributed by atoms with Crippen LogP contribution in [0.3, 0.4) is 0 Å². The Kier molecular flexibility index (Phi) is 2.70. The van der Waals surface area contributed by atoms with Gasteiger partial charge in [-0.25, -0.2) is 9.97 Å². The summed E-state index contributed by atoms with van der Waals surface area (Å²) in [5.74, 6) is 1.75. The molecule has 106 valence electrons. The summed E-state index contributed by atoms with van der Waals surface area (Å²) in [7, 11) is 0. The monoisotopic (exact) mass is 272 g/mol. The molecule has 5 nitrogen and oxygen atoms in total. The summed E-state index contributed by atoms with van der Waals surface area (Å²) >= 11 is 0. The molecule has 2 aliphatic rings. The highest BCUT2D eigenvalue weighted by molar-refractivity contribution is 5.19. The molecule has 0 aromatic carbocycles. The smallest absolute Gasteiger partial charge is 0.208 e. The molecule has 5 heteroatoms. The summed E-state index contributed by atoms with van der Waals surface area (Å²) in [5.41, 5.74) is 3.68. The van der Waals surface area contributed by atoms with E-state index in [1.165, 1.54) is 24.2 Å². The summed E-state index contributed by atoms with van der Waals surface area (Å²) in [5, 5.41) is 0. The number of fused-ring (bicyclic) bond motifs is 1. The van der Waals surface area contributed by atoms with E-state index in [1.807, 2.05) is 20.2 Å². The predicted octanol–water partition coefficient (Wildman–Crippen LogP) is 2.38. The van der Waals surface area contributed by atoms with Gasteiger partial charge in [0.25, 0.3) is 0 Å². The number of nitrogens with zero attached hydrogens (tertiary/aromatic N) is 4. The van der Waals surface area contributed by atoms with Crippen molar-refractivity contribution in [3.63, 3.8) is 0 Å². The Morgan fingerprint density at radius 1 is 1.35 bits per heavy atom. The van der Waals surface area contributed by atoms with E-state index >= 15 is 0 Å². The van der Waals surface area contributed by atoms with Gasteiger partial charge in [-0.15, -0.1) is 0 Å². The minimum absolute atomic E-state index is 0.731. The number of imidazole rings is 1. The van der Waals surface area contributed by atoms with Crippen molar-refractivity contribution in [3.05, 3.63) is 35.1 Å². The van der Waals surface area contributed by atoms with Crippen LogP contribution >= 0.6 is 0 Å². The maximum atomic E-state index is 5.68. The lowest BCUT2D eigenvalue weighted by Crippen LogP contribution is -2.31. The molecule has 1 aliphatic heterocycles. The molecule has 0 atom stereocenters. The van der Waals surface area contributed by atoms with Gasteiger partial charge in [0.05, 0.1) is 24.3 Å². The van der Waals surface area contributed by atoms with Crippen molar-refractivity contribution < 1.29 is 4.42 Å². The fourth-order valence-corrected chi connectivity index (χ4v) is 2.99. The van der Waals surface area contributed by atoms with E-state index in [2.05, 4.69) is 19.4 Å². The van der Waals surface area contributed by atoms with Gasteiger partial charge in [-0.05, 0) is 26.7 Å². The molecular weight excluding hydrogens is 252 g/mol. The molecule has 0 saturated heterocycles. The van der Waals surface area contributed by atoms with Crippen LogP contribution in [0.5, 0.6) is 0 Å². The van der Waals surface area contributed by atoms with Gasteiger partial charge in [0.15, 0.2) is 0 Å². The Morgan fingerprint density at radius 2 is 2.20 bits per heavy atom. The van der Waals surface area contributed by atoms with E-state index in [9.17, 15) is 0 Å². The average molecular weight is 272 g/mol. The molecule has 1 fully saturated rings. The normalized spacial score (nSPS) is 19.3. The van der Waals surface area contributed by atoms with Crippen LogP contribution in [0.1, 0.15) is 47.6 Å². The molecular formula is C15H20N4O. The molecule has 0 unspecified atom stereocenters. The van der Waals surface area contributed by atoms with Crippen LogP contribution in [0.4, 0.5) is 0 Å². The highest BCUT2D eigenvalue weighted by atomic mass is 16.4. The summed E-state index contributed by atoms with van der Waals surface area (Å²) in [6, 6.07) is 0.731. The van der Waals surface area contributed by atoms with Gasteiger partial charge in [0.1, 0.15) is 5.76 Å². The topological polar surface area (TPSA) is 47.1 Å². The van der Waals surface area contributed by atoms with Gasteiger partial charge in [-0.1, -0.05) is 0 Å². The quantitative estimate of drug-likeness (QED) is 0.860. The molecule has 20 heavy (non-hydrogen) atoms. The van der Waals surface area contributed by atoms with E-state index < -0.39 is 0 Å². The van der Waals surface area contributed by atoms with Crippen molar-refractivity contribution in [1.82, 2.24) is 19.4 Å². The van der Waals surface area contributed by atoms with Crippen LogP contribution in [0, 0.1) is 13.8 Å². The zero-order valence-electron chi connectivity index (χ0n) is 12.1. The molecule has 2 aromatic rings. The zero-order chi connectivity index (χ0) is 13.7. The highest BCUT2D eigenvalue weighted by Crippen LogP contribution is 2.37. The van der Waals surface area contributed by atoms with Crippen LogP contribution < -0.4 is 0 Å². The van der Waals surface area contributed by atoms with Crippen molar-refractivity contribution in [3.8, 4) is 0 Å². The second-order valence-electron chi connectivity index (χ2n) is 5.99. The Labute approximate surface area is 118 Å². The van der Waals surface area contributed by atoms with Gasteiger partial charge in [-0.2, -0.15) is 0 Å². The van der Waals surface area contributed by atoms with Crippen LogP contribution in [-0.4, -0.2) is 26.0 Å². The van der Waals surface area contributed by atoms with E-state index in [0.29, 0.717) is 0 Å². The number of rotatable bonds is 3. The molecule has 0 spiro atoms. The second-order valence-corrected chi connectivity index (χ2v) is 5.99. The predicted molar refractivity (Wildman–Crippen MR) is 74.3 cm³/mol. The van der Waals surface area contributed by atoms with Gasteiger partial charge >= 0.3 is 0 Å². The third-order valence-electron chi connectivity index (χ3n) is 4.39. The standard InChI is InChI=1S/C15H20N4O/c1-10-11(2)20-15(17-10)8-18-6-5-14-13(7-18)16-9-19(14)12-3-4-12/h9,12H,3-8H2,1-2H3. The average Bonchev–Trinajstić information content (AvgIpc) is 3.11. The maximum Gasteiger partial charge on any atom is 0.208 e. The number of hydrogen-bond acceptors (Lipinski definition) is 4. The third-order valence-corrected chi connectivity index (χ3v) is 4.39. The second kappa shape index (κ2) is 4.45. The first-order chi connectivity index (χ1) is 9.70. The summed E-state index contributed by atoms with van der Waals surface area (Å²) in [6.45, 7) is 6.72. The summed E-state index contributed by atoms with van der Waals surface area (Å²) in [4.78, 5) is 11.4. The van der Waals surface area contributed by atoms with Gasteiger partial charge < -0.3 is 8.98 Å². The summed E-state index contributed by atoms with van der Waals surface area (Å²) < 4.78 is 8.07. The molecule has 3 heterocycles. The lowest BCUT2D eigenvalue weighted by molar-refractivity contribution is 0.215. The lowest BCUT2D eigenvalue weighted by Gasteiger charge is -2.25. The minimum Gasteiger partial charge on any atom is -0.444 e. The first kappa shape index (κ1) is 12.1. The largest absolute Gasteiger partial charge is 0.444 e. The first-order valence-electron chi connectivity index (χ1n) is 7.40. The SMILES string of the molecule is Cc1nc(CN2CCc3c(ncn3C3CC3)C2)oc1C. The molecule has 1 aliphatic carbocycles. The van der Waals surface area contributed by atoms with Crippen molar-refractivity contribution in [2.24, 2.45) is 0 Å². The zero-order valence-corrected chi connectivity index (χ0v) is 12.1. The van der Waals surface area contributed by atoms with Crippen molar-refractivity contribution in [1.29, 1.82) is 0 Å². The van der Waals surface area contributed by atoms with Crippen LogP contribution in [0.2, 0.25) is 0 Å². The fraction of sp³-hybridized carbons (Fsp3) is 0.600. The summed E-state index contributed by atoms with van der Waals surface area (Å²) in [6.07, 6.45) is 5.76. The maximum absolute atomic E-state index is 5.68. The Morgan fingerprint density at radius 3 is 2.90 bits per heavy atom. The molecule has 0 N–H and O–H groups in total. The van der Waals surface area contributed by atoms with Crippen molar-refractivity contribution >= 4 is 0 Å². The molecule has 4 rings (SSSR count). The molecule has 1 saturated carbocycles. The van der Waals surface area contributed by atoms with E-state index in [0.717, 1.165) is 49.4 Å². The van der Waals surface area contributed by atoms with Crippen LogP contribution in [-0.2, 0) is 19.5 Å². The highest BCUT2D eigenvalue weighted by Gasteiger charge is 2.29. The first-order valence-corrected chi connectivity index (χ1v) is 7.40. The van der Waals surface area contributed by atoms with E-state index in [4.69, 9.17) is 4.42 Å². The molecule has 0 amide bonds. The van der Waals surface area contributed by atoms with Gasteiger partial charge in [0.2, 0.25) is 5.89 Å². The molecule has 0 bridgehead atoms. The van der Waals surface area contributed by atoms with E-state index in [1.54, 1.807) is 0 Å². The molecule has 0 radical (unpaired) electrons. The minimum atomic E-state index is 0.731. The van der Waals surface area contributed by atoms with Crippen molar-refractivity contribution in [2.75, 3.05) is 6.54 Å². The number of hydrogen-bond donors (Lipinski definition) is 0. The number of aromatic nitrogens is 3. The molecule has 2 aromatic heterocycles. The number of aryl methyl sites for hydroxylation is 2. The van der Waals surface area contributed by atoms with Crippen LogP contribution in [0.25, 0.3) is 0 Å². The Balaban J connectivity index is 1.49. The van der Waals surface area contributed by atoms with Crippen molar-refractivity contribution in [2.45, 2.75) is 52.2 Å². The Hall–Kier alpha value is -1.62. The third kappa shape index (κ3) is 2.06. The Bertz CT molecular complexity index is 619. The number of oxazole rings is 1. The lowest BCUT2D eigenvalue weighted by atomic mass is 10.1.